The molecule has 0 saturated heterocycles. The zero-order valence-corrected chi connectivity index (χ0v) is 15.5. The first-order valence-corrected chi connectivity index (χ1v) is 8.41. The van der Waals surface area contributed by atoms with Gasteiger partial charge in [0.05, 0.1) is 24.3 Å². The highest BCUT2D eigenvalue weighted by atomic mass is 79.9. The van der Waals surface area contributed by atoms with Gasteiger partial charge in [0, 0.05) is 25.0 Å². The number of carbonyl (C=O) groups is 1. The van der Waals surface area contributed by atoms with Crippen molar-refractivity contribution in [3.63, 3.8) is 0 Å². The Labute approximate surface area is 153 Å². The van der Waals surface area contributed by atoms with Crippen LogP contribution in [0.1, 0.15) is 21.6 Å². The highest BCUT2D eigenvalue weighted by Gasteiger charge is 2.08. The number of allylic oxidation sites excluding steroid dienone is 1. The molecule has 0 atom stereocenters. The number of nitrogens with zero attached hydrogens (tertiary/aromatic N) is 4. The number of ketones is 1. The molecule has 0 saturated carbocycles. The van der Waals surface area contributed by atoms with Crippen molar-refractivity contribution >= 4 is 27.8 Å². The molecule has 0 N–H and O–H groups in total. The lowest BCUT2D eigenvalue weighted by atomic mass is 10.1. The van der Waals surface area contributed by atoms with Gasteiger partial charge in [-0.05, 0) is 45.8 Å². The molecular weight excluding hydrogens is 384 g/mol. The Hall–Kier alpha value is -2.67. The van der Waals surface area contributed by atoms with E-state index in [2.05, 4.69) is 26.1 Å². The van der Waals surface area contributed by atoms with Gasteiger partial charge >= 0.3 is 0 Å². The molecule has 1 aromatic carbocycles. The summed E-state index contributed by atoms with van der Waals surface area (Å²) in [5.74, 6) is 0.690. The van der Waals surface area contributed by atoms with Gasteiger partial charge in [0.25, 0.3) is 0 Å². The molecule has 0 bridgehead atoms. The summed E-state index contributed by atoms with van der Waals surface area (Å²) in [5, 5.41) is 8.28. The van der Waals surface area contributed by atoms with E-state index in [1.54, 1.807) is 49.5 Å². The third kappa shape index (κ3) is 4.06. The fourth-order valence-corrected chi connectivity index (χ4v) is 2.83. The third-order valence-electron chi connectivity index (χ3n) is 3.74. The molecule has 0 spiro atoms. The zero-order valence-electron chi connectivity index (χ0n) is 13.9. The standard InChI is InChI=1S/C18H17BrN4O2/c1-22-16(7-8-20-22)17(24)5-3-13-4-6-18(25-2)14(9-13)11-23-12-15(19)10-21-23/h3-10,12H,11H2,1-2H3/b5-3+. The second-order valence-electron chi connectivity index (χ2n) is 5.47. The molecule has 3 rings (SSSR count). The van der Waals surface area contributed by atoms with Crippen molar-refractivity contribution < 1.29 is 9.53 Å². The van der Waals surface area contributed by atoms with Crippen molar-refractivity contribution in [2.75, 3.05) is 7.11 Å². The maximum absolute atomic E-state index is 12.2. The number of ether oxygens (including phenoxy) is 1. The highest BCUT2D eigenvalue weighted by molar-refractivity contribution is 9.10. The quantitative estimate of drug-likeness (QED) is 0.470. The largest absolute Gasteiger partial charge is 0.496 e. The fraction of sp³-hybridized carbons (Fsp3) is 0.167. The summed E-state index contributed by atoms with van der Waals surface area (Å²) >= 11 is 3.39. The topological polar surface area (TPSA) is 61.9 Å². The number of hydrogen-bond donors (Lipinski definition) is 0. The van der Waals surface area contributed by atoms with Gasteiger partial charge in [0.2, 0.25) is 5.78 Å². The van der Waals surface area contributed by atoms with E-state index in [4.69, 9.17) is 4.74 Å². The number of aromatic nitrogens is 4. The molecule has 0 aliphatic rings. The van der Waals surface area contributed by atoms with Crippen molar-refractivity contribution in [1.82, 2.24) is 19.6 Å². The Kier molecular flexibility index (Phi) is 5.14. The van der Waals surface area contributed by atoms with E-state index in [9.17, 15) is 4.79 Å². The molecule has 0 aliphatic heterocycles. The van der Waals surface area contributed by atoms with Gasteiger partial charge in [-0.25, -0.2) is 0 Å². The minimum atomic E-state index is -0.0895. The number of hydrogen-bond acceptors (Lipinski definition) is 4. The molecular formula is C18H17BrN4O2. The SMILES string of the molecule is COc1ccc(/C=C/C(=O)c2ccnn2C)cc1Cn1cc(Br)cn1. The van der Waals surface area contributed by atoms with Crippen LogP contribution in [0.5, 0.6) is 5.75 Å². The predicted molar refractivity (Wildman–Crippen MR) is 98.6 cm³/mol. The normalized spacial score (nSPS) is 11.2. The molecule has 3 aromatic rings. The first kappa shape index (κ1) is 17.2. The Morgan fingerprint density at radius 2 is 2.16 bits per heavy atom. The van der Waals surface area contributed by atoms with Crippen LogP contribution in [0.15, 0.2) is 53.4 Å². The average Bonchev–Trinajstić information content (AvgIpc) is 3.21. The van der Waals surface area contributed by atoms with Crippen molar-refractivity contribution in [3.8, 4) is 5.75 Å². The number of methoxy groups -OCH3 is 1. The molecule has 128 valence electrons. The fourth-order valence-electron chi connectivity index (χ4n) is 2.50. The molecule has 7 heteroatoms. The summed E-state index contributed by atoms with van der Waals surface area (Å²) in [6, 6.07) is 7.49. The number of carbonyl (C=O) groups excluding carboxylic acids is 1. The first-order valence-electron chi connectivity index (χ1n) is 7.62. The maximum Gasteiger partial charge on any atom is 0.203 e. The third-order valence-corrected chi connectivity index (χ3v) is 4.15. The molecule has 25 heavy (non-hydrogen) atoms. The van der Waals surface area contributed by atoms with E-state index in [1.807, 2.05) is 29.1 Å². The number of rotatable bonds is 6. The first-order chi connectivity index (χ1) is 12.1. The summed E-state index contributed by atoms with van der Waals surface area (Å²) in [6.45, 7) is 0.576. The molecule has 0 amide bonds. The Morgan fingerprint density at radius 3 is 2.80 bits per heavy atom. The van der Waals surface area contributed by atoms with Crippen LogP contribution in [0.2, 0.25) is 0 Å². The molecule has 0 unspecified atom stereocenters. The van der Waals surface area contributed by atoms with Crippen LogP contribution in [0.4, 0.5) is 0 Å². The maximum atomic E-state index is 12.2. The second kappa shape index (κ2) is 7.48. The van der Waals surface area contributed by atoms with Gasteiger partial charge in [-0.3, -0.25) is 14.2 Å². The van der Waals surface area contributed by atoms with Crippen molar-refractivity contribution in [2.24, 2.45) is 7.05 Å². The van der Waals surface area contributed by atoms with Crippen LogP contribution in [0.25, 0.3) is 6.08 Å². The molecule has 2 aromatic heterocycles. The summed E-state index contributed by atoms with van der Waals surface area (Å²) in [6.07, 6.45) is 8.58. The van der Waals surface area contributed by atoms with Crippen LogP contribution in [-0.4, -0.2) is 32.5 Å². The van der Waals surface area contributed by atoms with Gasteiger partial charge in [0.1, 0.15) is 11.4 Å². The zero-order chi connectivity index (χ0) is 17.8. The van der Waals surface area contributed by atoms with Crippen LogP contribution in [0.3, 0.4) is 0 Å². The lowest BCUT2D eigenvalue weighted by molar-refractivity contribution is 0.103. The Balaban J connectivity index is 1.82. The monoisotopic (exact) mass is 400 g/mol. The van der Waals surface area contributed by atoms with E-state index in [0.29, 0.717) is 12.2 Å². The number of halogens is 1. The minimum absolute atomic E-state index is 0.0895. The molecule has 6 nitrogen and oxygen atoms in total. The van der Waals surface area contributed by atoms with Gasteiger partial charge in [-0.15, -0.1) is 0 Å². The molecule has 0 fully saturated rings. The Morgan fingerprint density at radius 1 is 1.32 bits per heavy atom. The van der Waals surface area contributed by atoms with E-state index >= 15 is 0 Å². The van der Waals surface area contributed by atoms with E-state index in [1.165, 1.54) is 0 Å². The summed E-state index contributed by atoms with van der Waals surface area (Å²) in [7, 11) is 3.38. The number of aryl methyl sites for hydroxylation is 1. The average molecular weight is 401 g/mol. The van der Waals surface area contributed by atoms with Crippen molar-refractivity contribution in [3.05, 3.63) is 70.2 Å². The predicted octanol–water partition coefficient (Wildman–Crippen LogP) is 3.33. The van der Waals surface area contributed by atoms with Crippen molar-refractivity contribution in [1.29, 1.82) is 0 Å². The smallest absolute Gasteiger partial charge is 0.203 e. The molecule has 0 radical (unpaired) electrons. The van der Waals surface area contributed by atoms with Gasteiger partial charge < -0.3 is 4.74 Å². The second-order valence-corrected chi connectivity index (χ2v) is 6.38. The van der Waals surface area contributed by atoms with Gasteiger partial charge in [0.15, 0.2) is 0 Å². The summed E-state index contributed by atoms with van der Waals surface area (Å²) < 4.78 is 9.72. The van der Waals surface area contributed by atoms with Crippen LogP contribution in [0, 0.1) is 0 Å². The number of benzene rings is 1. The van der Waals surface area contributed by atoms with Crippen LogP contribution in [-0.2, 0) is 13.6 Å². The lowest BCUT2D eigenvalue weighted by Gasteiger charge is -2.09. The molecule has 0 aliphatic carbocycles. The van der Waals surface area contributed by atoms with Crippen molar-refractivity contribution in [2.45, 2.75) is 6.54 Å². The summed E-state index contributed by atoms with van der Waals surface area (Å²) in [5.41, 5.74) is 2.44. The highest BCUT2D eigenvalue weighted by Crippen LogP contribution is 2.22. The van der Waals surface area contributed by atoms with Gasteiger partial charge in [-0.2, -0.15) is 10.2 Å². The minimum Gasteiger partial charge on any atom is -0.496 e. The van der Waals surface area contributed by atoms with E-state index in [-0.39, 0.29) is 5.78 Å². The van der Waals surface area contributed by atoms with Crippen LogP contribution < -0.4 is 4.74 Å². The van der Waals surface area contributed by atoms with Gasteiger partial charge in [-0.1, -0.05) is 12.1 Å². The lowest BCUT2D eigenvalue weighted by Crippen LogP contribution is -2.04. The summed E-state index contributed by atoms with van der Waals surface area (Å²) in [4.78, 5) is 12.2. The van der Waals surface area contributed by atoms with Crippen LogP contribution >= 0.6 is 15.9 Å². The Bertz CT molecular complexity index is 927. The van der Waals surface area contributed by atoms with E-state index in [0.717, 1.165) is 21.3 Å². The van der Waals surface area contributed by atoms with E-state index < -0.39 is 0 Å². The molecule has 2 heterocycles.